The molecule has 0 aromatic rings. The van der Waals surface area contributed by atoms with Gasteiger partial charge in [0.2, 0.25) is 0 Å². The van der Waals surface area contributed by atoms with Crippen LogP contribution in [-0.4, -0.2) is 49.3 Å². The van der Waals surface area contributed by atoms with E-state index >= 15 is 0 Å². The average Bonchev–Trinajstić information content (AvgIpc) is 2.78. The fourth-order valence-electron chi connectivity index (χ4n) is 4.01. The van der Waals surface area contributed by atoms with E-state index in [4.69, 9.17) is 4.74 Å². The van der Waals surface area contributed by atoms with Gasteiger partial charge in [0.1, 0.15) is 0 Å². The Morgan fingerprint density at radius 2 is 1.88 bits per heavy atom. The van der Waals surface area contributed by atoms with E-state index in [9.17, 15) is 0 Å². The number of rotatable bonds is 3. The average molecular weight is 238 g/mol. The molecular formula is C14H26N2O. The SMILES string of the molecule is CC1OCCC1NCC1CC2CCC(C1)N2C. The second kappa shape index (κ2) is 4.87. The number of hydrogen-bond acceptors (Lipinski definition) is 3. The molecule has 0 saturated carbocycles. The first kappa shape index (κ1) is 11.9. The van der Waals surface area contributed by atoms with Crippen LogP contribution in [0.15, 0.2) is 0 Å². The van der Waals surface area contributed by atoms with Crippen LogP contribution in [0.3, 0.4) is 0 Å². The Hall–Kier alpha value is -0.120. The molecule has 3 nitrogen and oxygen atoms in total. The number of fused-ring (bicyclic) bond motifs is 2. The Balaban J connectivity index is 1.47. The first-order valence-corrected chi connectivity index (χ1v) is 7.31. The van der Waals surface area contributed by atoms with Crippen molar-refractivity contribution >= 4 is 0 Å². The summed E-state index contributed by atoms with van der Waals surface area (Å²) in [7, 11) is 2.32. The van der Waals surface area contributed by atoms with Gasteiger partial charge in [0.05, 0.1) is 6.10 Å². The zero-order valence-electron chi connectivity index (χ0n) is 11.2. The maximum Gasteiger partial charge on any atom is 0.0700 e. The highest BCUT2D eigenvalue weighted by molar-refractivity contribution is 4.94. The predicted molar refractivity (Wildman–Crippen MR) is 69.1 cm³/mol. The van der Waals surface area contributed by atoms with Crippen LogP contribution in [0.25, 0.3) is 0 Å². The first-order chi connectivity index (χ1) is 8.24. The van der Waals surface area contributed by atoms with E-state index in [1.165, 1.54) is 38.6 Å². The van der Waals surface area contributed by atoms with Crippen LogP contribution in [0.2, 0.25) is 0 Å². The number of piperidine rings is 1. The molecule has 2 bridgehead atoms. The summed E-state index contributed by atoms with van der Waals surface area (Å²) in [5, 5.41) is 3.74. The molecule has 0 spiro atoms. The van der Waals surface area contributed by atoms with Crippen molar-refractivity contribution in [3.05, 3.63) is 0 Å². The lowest BCUT2D eigenvalue weighted by molar-refractivity contribution is 0.105. The van der Waals surface area contributed by atoms with Crippen molar-refractivity contribution in [2.24, 2.45) is 5.92 Å². The van der Waals surface area contributed by atoms with Gasteiger partial charge in [-0.2, -0.15) is 0 Å². The molecular weight excluding hydrogens is 212 g/mol. The lowest BCUT2D eigenvalue weighted by Crippen LogP contribution is -2.45. The molecule has 98 valence electrons. The summed E-state index contributed by atoms with van der Waals surface area (Å²) in [6.07, 6.45) is 7.28. The van der Waals surface area contributed by atoms with Crippen molar-refractivity contribution in [1.29, 1.82) is 0 Å². The van der Waals surface area contributed by atoms with Gasteiger partial charge < -0.3 is 15.0 Å². The van der Waals surface area contributed by atoms with Gasteiger partial charge in [-0.05, 0) is 58.5 Å². The van der Waals surface area contributed by atoms with Crippen LogP contribution in [0.5, 0.6) is 0 Å². The largest absolute Gasteiger partial charge is 0.377 e. The molecule has 3 heterocycles. The van der Waals surface area contributed by atoms with Crippen molar-refractivity contribution in [3.8, 4) is 0 Å². The van der Waals surface area contributed by atoms with Gasteiger partial charge in [0.25, 0.3) is 0 Å². The van der Waals surface area contributed by atoms with Gasteiger partial charge in [-0.25, -0.2) is 0 Å². The van der Waals surface area contributed by atoms with Crippen molar-refractivity contribution in [2.75, 3.05) is 20.2 Å². The predicted octanol–water partition coefficient (Wildman–Crippen LogP) is 1.63. The summed E-state index contributed by atoms with van der Waals surface area (Å²) in [6, 6.07) is 2.35. The van der Waals surface area contributed by atoms with E-state index < -0.39 is 0 Å². The fourth-order valence-corrected chi connectivity index (χ4v) is 4.01. The van der Waals surface area contributed by atoms with Gasteiger partial charge in [0, 0.05) is 24.7 Å². The molecule has 0 aromatic heterocycles. The smallest absolute Gasteiger partial charge is 0.0700 e. The Morgan fingerprint density at radius 3 is 2.47 bits per heavy atom. The quantitative estimate of drug-likeness (QED) is 0.809. The molecule has 1 N–H and O–H groups in total. The Labute approximate surface area is 105 Å². The van der Waals surface area contributed by atoms with E-state index in [0.29, 0.717) is 12.1 Å². The third kappa shape index (κ3) is 2.38. The van der Waals surface area contributed by atoms with Crippen molar-refractivity contribution in [3.63, 3.8) is 0 Å². The Morgan fingerprint density at radius 1 is 1.18 bits per heavy atom. The highest BCUT2D eigenvalue weighted by Gasteiger charge is 2.38. The third-order valence-corrected chi connectivity index (χ3v) is 5.24. The van der Waals surface area contributed by atoms with Gasteiger partial charge in [0.15, 0.2) is 0 Å². The molecule has 3 aliphatic rings. The molecule has 3 heteroatoms. The molecule has 0 radical (unpaired) electrons. The van der Waals surface area contributed by atoms with E-state index in [2.05, 4.69) is 24.2 Å². The van der Waals surface area contributed by atoms with Gasteiger partial charge >= 0.3 is 0 Å². The number of ether oxygens (including phenoxy) is 1. The minimum absolute atomic E-state index is 0.415. The summed E-state index contributed by atoms with van der Waals surface area (Å²) < 4.78 is 5.61. The normalized spacial score (nSPS) is 46.6. The summed E-state index contributed by atoms with van der Waals surface area (Å²) in [5.41, 5.74) is 0. The topological polar surface area (TPSA) is 24.5 Å². The highest BCUT2D eigenvalue weighted by atomic mass is 16.5. The minimum Gasteiger partial charge on any atom is -0.377 e. The first-order valence-electron chi connectivity index (χ1n) is 7.31. The molecule has 0 amide bonds. The van der Waals surface area contributed by atoms with E-state index in [-0.39, 0.29) is 0 Å². The van der Waals surface area contributed by atoms with Crippen molar-refractivity contribution in [1.82, 2.24) is 10.2 Å². The fraction of sp³-hybridized carbons (Fsp3) is 1.00. The molecule has 0 aromatic carbocycles. The van der Waals surface area contributed by atoms with Crippen molar-refractivity contribution < 1.29 is 4.74 Å². The number of nitrogens with zero attached hydrogens (tertiary/aromatic N) is 1. The lowest BCUT2D eigenvalue weighted by Gasteiger charge is -2.37. The van der Waals surface area contributed by atoms with Crippen LogP contribution < -0.4 is 5.32 Å². The van der Waals surface area contributed by atoms with Crippen LogP contribution in [0.1, 0.15) is 39.0 Å². The van der Waals surface area contributed by atoms with Gasteiger partial charge in [-0.15, -0.1) is 0 Å². The maximum absolute atomic E-state index is 5.61. The van der Waals surface area contributed by atoms with Crippen molar-refractivity contribution in [2.45, 2.75) is 63.3 Å². The summed E-state index contributed by atoms with van der Waals surface area (Å²) >= 11 is 0. The van der Waals surface area contributed by atoms with Crippen LogP contribution in [0, 0.1) is 5.92 Å². The standard InChI is InChI=1S/C14H26N2O/c1-10-14(5-6-17-10)15-9-11-7-12-3-4-13(8-11)16(12)2/h10-15H,3-9H2,1-2H3. The van der Waals surface area contributed by atoms with E-state index in [1.54, 1.807) is 0 Å². The zero-order chi connectivity index (χ0) is 11.8. The molecule has 4 atom stereocenters. The minimum atomic E-state index is 0.415. The van der Waals surface area contributed by atoms with E-state index in [0.717, 1.165) is 24.6 Å². The molecule has 3 fully saturated rings. The molecule has 3 saturated heterocycles. The molecule has 4 unspecified atom stereocenters. The van der Waals surface area contributed by atoms with Crippen LogP contribution in [0.4, 0.5) is 0 Å². The lowest BCUT2D eigenvalue weighted by atomic mass is 9.90. The summed E-state index contributed by atoms with van der Waals surface area (Å²) in [4.78, 5) is 2.62. The molecule has 17 heavy (non-hydrogen) atoms. The molecule has 3 aliphatic heterocycles. The summed E-state index contributed by atoms with van der Waals surface area (Å²) in [6.45, 7) is 4.35. The number of nitrogens with one attached hydrogen (secondary N) is 1. The van der Waals surface area contributed by atoms with Crippen LogP contribution in [-0.2, 0) is 4.74 Å². The zero-order valence-corrected chi connectivity index (χ0v) is 11.2. The Bertz CT molecular complexity index is 257. The highest BCUT2D eigenvalue weighted by Crippen LogP contribution is 2.37. The second-order valence-corrected chi connectivity index (χ2v) is 6.27. The maximum atomic E-state index is 5.61. The van der Waals surface area contributed by atoms with Crippen LogP contribution >= 0.6 is 0 Å². The van der Waals surface area contributed by atoms with Gasteiger partial charge in [-0.3, -0.25) is 0 Å². The second-order valence-electron chi connectivity index (χ2n) is 6.27. The van der Waals surface area contributed by atoms with E-state index in [1.807, 2.05) is 0 Å². The third-order valence-electron chi connectivity index (χ3n) is 5.24. The monoisotopic (exact) mass is 238 g/mol. The number of hydrogen-bond donors (Lipinski definition) is 1. The molecule has 0 aliphatic carbocycles. The molecule has 3 rings (SSSR count). The van der Waals surface area contributed by atoms with Gasteiger partial charge in [-0.1, -0.05) is 0 Å². The Kier molecular flexibility index (Phi) is 3.42. The summed E-state index contributed by atoms with van der Waals surface area (Å²) in [5.74, 6) is 0.900.